The quantitative estimate of drug-likeness (QED) is 0.715. The van der Waals surface area contributed by atoms with Crippen molar-refractivity contribution in [3.63, 3.8) is 0 Å². The van der Waals surface area contributed by atoms with Crippen LogP contribution in [0, 0.1) is 0 Å². The highest BCUT2D eigenvalue weighted by molar-refractivity contribution is 9.11. The van der Waals surface area contributed by atoms with Gasteiger partial charge in [-0.15, -0.1) is 11.3 Å². The summed E-state index contributed by atoms with van der Waals surface area (Å²) in [7, 11) is -3.78. The van der Waals surface area contributed by atoms with E-state index >= 15 is 0 Å². The molecular weight excluding hydrogens is 434 g/mol. The zero-order valence-corrected chi connectivity index (χ0v) is 14.4. The normalized spacial score (nSPS) is 12.1. The predicted octanol–water partition coefficient (Wildman–Crippen LogP) is 3.49. The van der Waals surface area contributed by atoms with Crippen molar-refractivity contribution in [2.75, 3.05) is 0 Å². The number of halogens is 2. The van der Waals surface area contributed by atoms with Crippen LogP contribution >= 0.6 is 43.2 Å². The minimum Gasteiger partial charge on any atom is -0.506 e. The number of rotatable bonds is 3. The third kappa shape index (κ3) is 3.05. The Hall–Kier alpha value is -0.900. The SMILES string of the molecule is O=S(=O)(/N=C\c1cc(Br)c(O)c(Br)c1O)c1cccs1. The molecule has 2 rings (SSSR count). The molecule has 1 aromatic carbocycles. The third-order valence-electron chi connectivity index (χ3n) is 2.28. The molecule has 5 nitrogen and oxygen atoms in total. The Kier molecular flexibility index (Phi) is 4.52. The van der Waals surface area contributed by atoms with E-state index in [-0.39, 0.29) is 25.7 Å². The lowest BCUT2D eigenvalue weighted by molar-refractivity contribution is 0.442. The van der Waals surface area contributed by atoms with E-state index in [1.165, 1.54) is 12.1 Å². The Morgan fingerprint density at radius 3 is 2.55 bits per heavy atom. The largest absolute Gasteiger partial charge is 0.506 e. The van der Waals surface area contributed by atoms with Crippen LogP contribution in [0.1, 0.15) is 5.56 Å². The molecule has 0 unspecified atom stereocenters. The number of sulfonamides is 1. The standard InChI is InChI=1S/C11H7Br2NO4S2/c12-7-4-6(10(15)9(13)11(7)16)5-14-20(17,18)8-2-1-3-19-8/h1-5,15-16H/b14-5-. The van der Waals surface area contributed by atoms with Crippen molar-refractivity contribution in [3.05, 3.63) is 38.1 Å². The highest BCUT2D eigenvalue weighted by Gasteiger charge is 2.15. The van der Waals surface area contributed by atoms with Gasteiger partial charge in [0.1, 0.15) is 20.2 Å². The van der Waals surface area contributed by atoms with Gasteiger partial charge in [-0.25, -0.2) is 0 Å². The van der Waals surface area contributed by atoms with Gasteiger partial charge in [-0.2, -0.15) is 12.8 Å². The topological polar surface area (TPSA) is 87.0 Å². The van der Waals surface area contributed by atoms with Crippen molar-refractivity contribution in [1.82, 2.24) is 0 Å². The van der Waals surface area contributed by atoms with Crippen LogP contribution < -0.4 is 0 Å². The second-order valence-corrected chi connectivity index (χ2v) is 8.05. The van der Waals surface area contributed by atoms with Crippen LogP contribution in [0.25, 0.3) is 0 Å². The summed E-state index contributed by atoms with van der Waals surface area (Å²) in [6.45, 7) is 0. The lowest BCUT2D eigenvalue weighted by Crippen LogP contribution is -1.95. The van der Waals surface area contributed by atoms with Crippen LogP contribution in [0.4, 0.5) is 0 Å². The van der Waals surface area contributed by atoms with E-state index in [2.05, 4.69) is 36.3 Å². The predicted molar refractivity (Wildman–Crippen MR) is 84.3 cm³/mol. The van der Waals surface area contributed by atoms with Crippen LogP contribution in [-0.2, 0) is 10.0 Å². The van der Waals surface area contributed by atoms with Crippen LogP contribution in [0.3, 0.4) is 0 Å². The Labute approximate surface area is 135 Å². The molecule has 20 heavy (non-hydrogen) atoms. The summed E-state index contributed by atoms with van der Waals surface area (Å²) in [6.07, 6.45) is 1.03. The lowest BCUT2D eigenvalue weighted by atomic mass is 10.2. The van der Waals surface area contributed by atoms with E-state index in [9.17, 15) is 18.6 Å². The summed E-state index contributed by atoms with van der Waals surface area (Å²) < 4.78 is 27.7. The summed E-state index contributed by atoms with van der Waals surface area (Å²) in [5, 5.41) is 21.0. The molecule has 0 atom stereocenters. The Balaban J connectivity index is 2.43. The molecule has 106 valence electrons. The van der Waals surface area contributed by atoms with Gasteiger partial charge in [-0.1, -0.05) is 6.07 Å². The Morgan fingerprint density at radius 1 is 1.25 bits per heavy atom. The Morgan fingerprint density at radius 2 is 1.95 bits per heavy atom. The molecule has 0 saturated carbocycles. The second-order valence-electron chi connectivity index (χ2n) is 3.60. The number of benzene rings is 1. The fourth-order valence-electron chi connectivity index (χ4n) is 1.30. The molecule has 0 saturated heterocycles. The molecule has 0 aliphatic rings. The maximum Gasteiger partial charge on any atom is 0.291 e. The third-order valence-corrected chi connectivity index (χ3v) is 6.24. The zero-order valence-electron chi connectivity index (χ0n) is 9.62. The summed E-state index contributed by atoms with van der Waals surface area (Å²) in [4.78, 5) is 0. The maximum absolute atomic E-state index is 11.9. The number of thiophene rings is 1. The van der Waals surface area contributed by atoms with E-state index < -0.39 is 10.0 Å². The first-order valence-corrected chi connectivity index (χ1v) is 8.97. The average Bonchev–Trinajstić information content (AvgIpc) is 2.94. The molecule has 0 radical (unpaired) electrons. The van der Waals surface area contributed by atoms with Crippen molar-refractivity contribution >= 4 is 59.4 Å². The molecular formula is C11H7Br2NO4S2. The average molecular weight is 441 g/mol. The molecule has 2 aromatic rings. The van der Waals surface area contributed by atoms with Crippen molar-refractivity contribution in [2.45, 2.75) is 4.21 Å². The maximum atomic E-state index is 11.9. The molecule has 2 N–H and O–H groups in total. The van der Waals surface area contributed by atoms with E-state index in [0.29, 0.717) is 4.47 Å². The second kappa shape index (κ2) is 5.84. The molecule has 1 heterocycles. The van der Waals surface area contributed by atoms with Crippen LogP contribution in [0.2, 0.25) is 0 Å². The highest BCUT2D eigenvalue weighted by atomic mass is 79.9. The van der Waals surface area contributed by atoms with E-state index in [4.69, 9.17) is 0 Å². The lowest BCUT2D eigenvalue weighted by Gasteiger charge is -2.06. The zero-order chi connectivity index (χ0) is 14.9. The first-order valence-electron chi connectivity index (χ1n) is 5.06. The fourth-order valence-corrected chi connectivity index (χ4v) is 4.29. The Bertz CT molecular complexity index is 770. The molecule has 1 aromatic heterocycles. The van der Waals surface area contributed by atoms with E-state index in [0.717, 1.165) is 17.6 Å². The number of hydrogen-bond acceptors (Lipinski definition) is 5. The summed E-state index contributed by atoms with van der Waals surface area (Å²) in [5.41, 5.74) is 0.154. The monoisotopic (exact) mass is 439 g/mol. The molecule has 0 aliphatic carbocycles. The van der Waals surface area contributed by atoms with Crippen LogP contribution in [-0.4, -0.2) is 24.8 Å². The molecule has 0 bridgehead atoms. The van der Waals surface area contributed by atoms with Gasteiger partial charge >= 0.3 is 0 Å². The van der Waals surface area contributed by atoms with Gasteiger partial charge in [-0.3, -0.25) is 0 Å². The highest BCUT2D eigenvalue weighted by Crippen LogP contribution is 2.40. The van der Waals surface area contributed by atoms with Gasteiger partial charge in [0.25, 0.3) is 10.0 Å². The van der Waals surface area contributed by atoms with Gasteiger partial charge in [0.15, 0.2) is 0 Å². The first kappa shape index (κ1) is 15.5. The summed E-state index contributed by atoms with van der Waals surface area (Å²) in [5.74, 6) is -0.475. The fraction of sp³-hybridized carbons (Fsp3) is 0. The first-order chi connectivity index (χ1) is 9.33. The molecule has 0 fully saturated rings. The number of phenols is 2. The smallest absolute Gasteiger partial charge is 0.291 e. The van der Waals surface area contributed by atoms with Gasteiger partial charge in [0.2, 0.25) is 0 Å². The van der Waals surface area contributed by atoms with Crippen LogP contribution in [0.5, 0.6) is 11.5 Å². The number of aromatic hydroxyl groups is 2. The summed E-state index contributed by atoms with van der Waals surface area (Å²) >= 11 is 7.15. The summed E-state index contributed by atoms with van der Waals surface area (Å²) in [6, 6.07) is 4.42. The van der Waals surface area contributed by atoms with Gasteiger partial charge < -0.3 is 10.2 Å². The van der Waals surface area contributed by atoms with Crippen molar-refractivity contribution in [2.24, 2.45) is 4.40 Å². The minimum absolute atomic E-state index is 0.0573. The number of nitrogens with zero attached hydrogens (tertiary/aromatic N) is 1. The molecule has 0 amide bonds. The van der Waals surface area contributed by atoms with Crippen LogP contribution in [0.15, 0.2) is 41.1 Å². The van der Waals surface area contributed by atoms with Gasteiger partial charge in [-0.05, 0) is 49.4 Å². The van der Waals surface area contributed by atoms with E-state index in [1.807, 2.05) is 0 Å². The van der Waals surface area contributed by atoms with Gasteiger partial charge in [0, 0.05) is 5.56 Å². The number of hydrogen-bond donors (Lipinski definition) is 2. The van der Waals surface area contributed by atoms with Crippen molar-refractivity contribution in [1.29, 1.82) is 0 Å². The van der Waals surface area contributed by atoms with Crippen molar-refractivity contribution < 1.29 is 18.6 Å². The van der Waals surface area contributed by atoms with Crippen molar-refractivity contribution in [3.8, 4) is 11.5 Å². The number of phenolic OH excluding ortho intramolecular Hbond substituents is 2. The molecule has 0 aliphatic heterocycles. The van der Waals surface area contributed by atoms with Gasteiger partial charge in [0.05, 0.1) is 10.7 Å². The van der Waals surface area contributed by atoms with E-state index in [1.54, 1.807) is 11.4 Å². The molecule has 0 spiro atoms. The minimum atomic E-state index is -3.78. The molecule has 9 heteroatoms.